The molecule has 4 aromatic rings. The van der Waals surface area contributed by atoms with Gasteiger partial charge < -0.3 is 4.57 Å². The van der Waals surface area contributed by atoms with Crippen LogP contribution in [0.15, 0.2) is 90.0 Å². The molecule has 4 heteroatoms. The van der Waals surface area contributed by atoms with Crippen molar-refractivity contribution in [1.82, 2.24) is 14.3 Å². The summed E-state index contributed by atoms with van der Waals surface area (Å²) >= 11 is 0. The van der Waals surface area contributed by atoms with Gasteiger partial charge in [-0.2, -0.15) is 5.10 Å². The Morgan fingerprint density at radius 3 is 2.38 bits per heavy atom. The van der Waals surface area contributed by atoms with Crippen LogP contribution in [0.2, 0.25) is 0 Å². The van der Waals surface area contributed by atoms with E-state index in [0.29, 0.717) is 6.54 Å². The van der Waals surface area contributed by atoms with Crippen molar-refractivity contribution in [2.24, 2.45) is 7.05 Å². The average Bonchev–Trinajstić information content (AvgIpc) is 3.14. The predicted molar refractivity (Wildman–Crippen MR) is 104 cm³/mol. The number of nitrogens with zero attached hydrogens (tertiary/aromatic N) is 3. The van der Waals surface area contributed by atoms with E-state index in [4.69, 9.17) is 0 Å². The lowest BCUT2D eigenvalue weighted by Gasteiger charge is -2.05. The van der Waals surface area contributed by atoms with Crippen molar-refractivity contribution in [3.05, 3.63) is 101 Å². The molecule has 2 aromatic heterocycles. The Morgan fingerprint density at radius 1 is 0.808 bits per heavy atom. The Bertz CT molecular complexity index is 1090. The predicted octanol–water partition coefficient (Wildman–Crippen LogP) is 3.96. The molecular weight excluding hydrogens is 322 g/mol. The number of aryl methyl sites for hydroxylation is 1. The summed E-state index contributed by atoms with van der Waals surface area (Å²) in [6, 6.07) is 24.3. The summed E-state index contributed by atoms with van der Waals surface area (Å²) in [4.78, 5) is 11.8. The van der Waals surface area contributed by atoms with Crippen LogP contribution in [-0.4, -0.2) is 14.3 Å². The SMILES string of the molecule is Cn1ccc(Cn2ccc(-c3cccc(-c4ccccc4)c3)n2)cc1=O. The van der Waals surface area contributed by atoms with Crippen molar-refractivity contribution in [1.29, 1.82) is 0 Å². The average molecular weight is 341 g/mol. The van der Waals surface area contributed by atoms with Crippen molar-refractivity contribution in [3.8, 4) is 22.4 Å². The van der Waals surface area contributed by atoms with E-state index in [1.807, 2.05) is 41.2 Å². The summed E-state index contributed by atoms with van der Waals surface area (Å²) in [6.07, 6.45) is 3.73. The highest BCUT2D eigenvalue weighted by Gasteiger charge is 2.06. The summed E-state index contributed by atoms with van der Waals surface area (Å²) in [7, 11) is 1.75. The third-order valence-electron chi connectivity index (χ3n) is 4.42. The van der Waals surface area contributed by atoms with Crippen molar-refractivity contribution in [2.45, 2.75) is 6.54 Å². The standard InChI is InChI=1S/C22H19N3O/c1-24-12-10-17(14-22(24)26)16-25-13-11-21(23-25)20-9-5-8-19(15-20)18-6-3-2-4-7-18/h2-15H,16H2,1H3. The number of aromatic nitrogens is 3. The maximum atomic E-state index is 11.8. The second-order valence-electron chi connectivity index (χ2n) is 6.33. The van der Waals surface area contributed by atoms with E-state index in [2.05, 4.69) is 41.5 Å². The molecule has 0 radical (unpaired) electrons. The molecule has 0 saturated carbocycles. The van der Waals surface area contributed by atoms with Gasteiger partial charge in [0.25, 0.3) is 5.56 Å². The van der Waals surface area contributed by atoms with Crippen molar-refractivity contribution in [3.63, 3.8) is 0 Å². The highest BCUT2D eigenvalue weighted by Crippen LogP contribution is 2.25. The second-order valence-corrected chi connectivity index (χ2v) is 6.33. The van der Waals surface area contributed by atoms with Gasteiger partial charge in [-0.3, -0.25) is 9.48 Å². The zero-order valence-corrected chi connectivity index (χ0v) is 14.5. The maximum absolute atomic E-state index is 11.8. The summed E-state index contributed by atoms with van der Waals surface area (Å²) in [5.41, 5.74) is 5.30. The van der Waals surface area contributed by atoms with Crippen molar-refractivity contribution in [2.75, 3.05) is 0 Å². The monoisotopic (exact) mass is 341 g/mol. The fourth-order valence-corrected chi connectivity index (χ4v) is 2.97. The summed E-state index contributed by atoms with van der Waals surface area (Å²) in [5.74, 6) is 0. The van der Waals surface area contributed by atoms with Crippen LogP contribution in [0.5, 0.6) is 0 Å². The number of hydrogen-bond donors (Lipinski definition) is 0. The molecule has 0 bridgehead atoms. The summed E-state index contributed by atoms with van der Waals surface area (Å²) < 4.78 is 3.42. The molecule has 2 aromatic carbocycles. The van der Waals surface area contributed by atoms with Gasteiger partial charge >= 0.3 is 0 Å². The van der Waals surface area contributed by atoms with Crippen molar-refractivity contribution < 1.29 is 0 Å². The number of rotatable bonds is 4. The quantitative estimate of drug-likeness (QED) is 0.563. The number of hydrogen-bond acceptors (Lipinski definition) is 2. The maximum Gasteiger partial charge on any atom is 0.250 e. The zero-order valence-electron chi connectivity index (χ0n) is 14.5. The molecule has 4 rings (SSSR count). The van der Waals surface area contributed by atoms with Gasteiger partial charge in [0.05, 0.1) is 12.2 Å². The van der Waals surface area contributed by atoms with Crippen LogP contribution < -0.4 is 5.56 Å². The molecule has 4 nitrogen and oxygen atoms in total. The van der Waals surface area contributed by atoms with E-state index in [-0.39, 0.29) is 5.56 Å². The molecule has 0 spiro atoms. The molecule has 128 valence electrons. The van der Waals surface area contributed by atoms with Crippen LogP contribution in [0.3, 0.4) is 0 Å². The topological polar surface area (TPSA) is 39.8 Å². The Morgan fingerprint density at radius 2 is 1.58 bits per heavy atom. The Labute approximate surface area is 152 Å². The molecule has 0 unspecified atom stereocenters. The Kier molecular flexibility index (Phi) is 4.23. The normalized spacial score (nSPS) is 10.8. The van der Waals surface area contributed by atoms with Gasteiger partial charge in [0.2, 0.25) is 0 Å². The first kappa shape index (κ1) is 16.1. The van der Waals surface area contributed by atoms with Gasteiger partial charge in [0.15, 0.2) is 0 Å². The Hall–Kier alpha value is -3.40. The molecule has 0 N–H and O–H groups in total. The van der Waals surface area contributed by atoms with Crippen LogP contribution in [0.4, 0.5) is 0 Å². The van der Waals surface area contributed by atoms with Crippen LogP contribution in [-0.2, 0) is 13.6 Å². The summed E-state index contributed by atoms with van der Waals surface area (Å²) in [6.45, 7) is 0.578. The van der Waals surface area contributed by atoms with Crippen LogP contribution in [0.1, 0.15) is 5.56 Å². The van der Waals surface area contributed by atoms with Crippen LogP contribution in [0, 0.1) is 0 Å². The third kappa shape index (κ3) is 3.35. The lowest BCUT2D eigenvalue weighted by Crippen LogP contribution is -2.16. The third-order valence-corrected chi connectivity index (χ3v) is 4.42. The van der Waals surface area contributed by atoms with Crippen molar-refractivity contribution >= 4 is 0 Å². The fourth-order valence-electron chi connectivity index (χ4n) is 2.97. The zero-order chi connectivity index (χ0) is 17.9. The van der Waals surface area contributed by atoms with Crippen LogP contribution >= 0.6 is 0 Å². The summed E-state index contributed by atoms with van der Waals surface area (Å²) in [5, 5.41) is 4.67. The first-order chi connectivity index (χ1) is 12.7. The van der Waals surface area contributed by atoms with E-state index in [0.717, 1.165) is 16.8 Å². The molecule has 26 heavy (non-hydrogen) atoms. The van der Waals surface area contributed by atoms with E-state index in [1.54, 1.807) is 23.9 Å². The molecule has 0 aliphatic rings. The molecular formula is C22H19N3O. The minimum atomic E-state index is -0.00885. The van der Waals surface area contributed by atoms with E-state index in [9.17, 15) is 4.79 Å². The lowest BCUT2D eigenvalue weighted by atomic mass is 10.0. The molecule has 0 aliphatic heterocycles. The van der Waals surface area contributed by atoms with E-state index < -0.39 is 0 Å². The minimum Gasteiger partial charge on any atom is -0.319 e. The first-order valence-electron chi connectivity index (χ1n) is 8.54. The first-order valence-corrected chi connectivity index (χ1v) is 8.54. The van der Waals surface area contributed by atoms with Gasteiger partial charge in [-0.25, -0.2) is 0 Å². The molecule has 0 atom stereocenters. The molecule has 2 heterocycles. The van der Waals surface area contributed by atoms with Gasteiger partial charge in [-0.1, -0.05) is 48.5 Å². The van der Waals surface area contributed by atoms with Crippen LogP contribution in [0.25, 0.3) is 22.4 Å². The minimum absolute atomic E-state index is 0.00885. The second kappa shape index (κ2) is 6.84. The molecule has 0 fully saturated rings. The molecule has 0 aliphatic carbocycles. The van der Waals surface area contributed by atoms with Gasteiger partial charge in [-0.05, 0) is 34.9 Å². The number of pyridine rings is 1. The van der Waals surface area contributed by atoms with E-state index >= 15 is 0 Å². The Balaban J connectivity index is 1.60. The number of benzene rings is 2. The molecule has 0 saturated heterocycles. The molecule has 0 amide bonds. The largest absolute Gasteiger partial charge is 0.319 e. The fraction of sp³-hybridized carbons (Fsp3) is 0.0909. The smallest absolute Gasteiger partial charge is 0.250 e. The highest BCUT2D eigenvalue weighted by atomic mass is 16.1. The van der Waals surface area contributed by atoms with Gasteiger partial charge in [-0.15, -0.1) is 0 Å². The highest BCUT2D eigenvalue weighted by molar-refractivity contribution is 5.71. The lowest BCUT2D eigenvalue weighted by molar-refractivity contribution is 0.684. The van der Waals surface area contributed by atoms with Gasteiger partial charge in [0.1, 0.15) is 0 Å². The van der Waals surface area contributed by atoms with Gasteiger partial charge in [0, 0.05) is 31.1 Å². The van der Waals surface area contributed by atoms with E-state index in [1.165, 1.54) is 11.1 Å².